The number of ether oxygens (including phenoxy) is 2. The summed E-state index contributed by atoms with van der Waals surface area (Å²) in [4.78, 5) is 12.0. The average molecular weight is 306 g/mol. The van der Waals surface area contributed by atoms with Crippen LogP contribution in [0.1, 0.15) is 39.0 Å². The van der Waals surface area contributed by atoms with E-state index in [0.29, 0.717) is 24.5 Å². The lowest BCUT2D eigenvalue weighted by Crippen LogP contribution is -2.35. The lowest BCUT2D eigenvalue weighted by molar-refractivity contribution is -0.117. The third-order valence-corrected chi connectivity index (χ3v) is 3.78. The van der Waals surface area contributed by atoms with Gasteiger partial charge in [0.15, 0.2) is 0 Å². The van der Waals surface area contributed by atoms with Crippen molar-refractivity contribution in [2.24, 2.45) is 5.73 Å². The SMILES string of the molecule is CCCC(N)C(=O)Nc1ccccc1OCC1CCCCO1. The van der Waals surface area contributed by atoms with Gasteiger partial charge < -0.3 is 20.5 Å². The summed E-state index contributed by atoms with van der Waals surface area (Å²) < 4.78 is 11.5. The van der Waals surface area contributed by atoms with E-state index < -0.39 is 6.04 Å². The molecule has 1 saturated heterocycles. The molecule has 0 radical (unpaired) electrons. The Morgan fingerprint density at radius 2 is 2.27 bits per heavy atom. The second-order valence-electron chi connectivity index (χ2n) is 5.68. The summed E-state index contributed by atoms with van der Waals surface area (Å²) in [5, 5.41) is 2.85. The smallest absolute Gasteiger partial charge is 0.241 e. The summed E-state index contributed by atoms with van der Waals surface area (Å²) in [5.74, 6) is 0.487. The number of rotatable bonds is 7. The highest BCUT2D eigenvalue weighted by Gasteiger charge is 2.17. The van der Waals surface area contributed by atoms with Crippen LogP contribution in [-0.4, -0.2) is 31.3 Å². The van der Waals surface area contributed by atoms with Gasteiger partial charge in [-0.1, -0.05) is 25.5 Å². The largest absolute Gasteiger partial charge is 0.489 e. The molecule has 1 aliphatic heterocycles. The molecular formula is C17H26N2O3. The first kappa shape index (κ1) is 16.8. The van der Waals surface area contributed by atoms with Crippen LogP contribution in [0.2, 0.25) is 0 Å². The van der Waals surface area contributed by atoms with Crippen LogP contribution >= 0.6 is 0 Å². The lowest BCUT2D eigenvalue weighted by atomic mass is 10.1. The summed E-state index contributed by atoms with van der Waals surface area (Å²) in [6, 6.07) is 6.95. The maximum absolute atomic E-state index is 12.0. The molecule has 22 heavy (non-hydrogen) atoms. The fourth-order valence-electron chi connectivity index (χ4n) is 2.48. The van der Waals surface area contributed by atoms with E-state index in [1.807, 2.05) is 31.2 Å². The number of benzene rings is 1. The molecule has 2 atom stereocenters. The molecule has 0 aromatic heterocycles. The van der Waals surface area contributed by atoms with Gasteiger partial charge in [0.25, 0.3) is 0 Å². The van der Waals surface area contributed by atoms with E-state index in [4.69, 9.17) is 15.2 Å². The van der Waals surface area contributed by atoms with Crippen LogP contribution in [-0.2, 0) is 9.53 Å². The van der Waals surface area contributed by atoms with E-state index in [2.05, 4.69) is 5.32 Å². The highest BCUT2D eigenvalue weighted by atomic mass is 16.5. The van der Waals surface area contributed by atoms with Crippen molar-refractivity contribution in [3.8, 4) is 5.75 Å². The Kier molecular flexibility index (Phi) is 6.68. The number of nitrogens with one attached hydrogen (secondary N) is 1. The number of carbonyl (C=O) groups is 1. The first-order valence-electron chi connectivity index (χ1n) is 8.10. The van der Waals surface area contributed by atoms with Gasteiger partial charge in [-0.15, -0.1) is 0 Å². The summed E-state index contributed by atoms with van der Waals surface area (Å²) in [6.07, 6.45) is 5.02. The van der Waals surface area contributed by atoms with Gasteiger partial charge in [0.05, 0.1) is 17.8 Å². The molecular weight excluding hydrogens is 280 g/mol. The van der Waals surface area contributed by atoms with Crippen LogP contribution < -0.4 is 15.8 Å². The predicted molar refractivity (Wildman–Crippen MR) is 87.0 cm³/mol. The van der Waals surface area contributed by atoms with Crippen molar-refractivity contribution in [2.75, 3.05) is 18.5 Å². The number of para-hydroxylation sites is 2. The molecule has 0 spiro atoms. The molecule has 2 rings (SSSR count). The lowest BCUT2D eigenvalue weighted by Gasteiger charge is -2.23. The van der Waals surface area contributed by atoms with Crippen molar-refractivity contribution in [2.45, 2.75) is 51.2 Å². The maximum atomic E-state index is 12.0. The van der Waals surface area contributed by atoms with E-state index in [0.717, 1.165) is 25.9 Å². The number of anilines is 1. The Morgan fingerprint density at radius 1 is 1.45 bits per heavy atom. The molecule has 2 unspecified atom stereocenters. The number of hydrogen-bond donors (Lipinski definition) is 2. The van der Waals surface area contributed by atoms with E-state index in [1.54, 1.807) is 0 Å². The van der Waals surface area contributed by atoms with Crippen molar-refractivity contribution in [3.63, 3.8) is 0 Å². The maximum Gasteiger partial charge on any atom is 0.241 e. The molecule has 5 heteroatoms. The molecule has 0 aliphatic carbocycles. The van der Waals surface area contributed by atoms with Crippen LogP contribution in [0.4, 0.5) is 5.69 Å². The van der Waals surface area contributed by atoms with E-state index in [9.17, 15) is 4.79 Å². The molecule has 1 aromatic rings. The molecule has 1 fully saturated rings. The van der Waals surface area contributed by atoms with Gasteiger partial charge in [-0.05, 0) is 37.8 Å². The average Bonchev–Trinajstić information content (AvgIpc) is 2.55. The van der Waals surface area contributed by atoms with Crippen LogP contribution in [0.15, 0.2) is 24.3 Å². The van der Waals surface area contributed by atoms with Gasteiger partial charge in [-0.2, -0.15) is 0 Å². The highest BCUT2D eigenvalue weighted by Crippen LogP contribution is 2.25. The van der Waals surface area contributed by atoms with Crippen LogP contribution in [0, 0.1) is 0 Å². The number of carbonyl (C=O) groups excluding carboxylic acids is 1. The van der Waals surface area contributed by atoms with Crippen molar-refractivity contribution in [1.29, 1.82) is 0 Å². The van der Waals surface area contributed by atoms with Crippen molar-refractivity contribution >= 4 is 11.6 Å². The minimum atomic E-state index is -0.486. The zero-order valence-electron chi connectivity index (χ0n) is 13.2. The minimum absolute atomic E-state index is 0.139. The molecule has 0 bridgehead atoms. The van der Waals surface area contributed by atoms with Gasteiger partial charge in [-0.3, -0.25) is 4.79 Å². The van der Waals surface area contributed by atoms with Crippen LogP contribution in [0.25, 0.3) is 0 Å². The van der Waals surface area contributed by atoms with Crippen LogP contribution in [0.5, 0.6) is 5.75 Å². The van der Waals surface area contributed by atoms with Crippen molar-refractivity contribution in [1.82, 2.24) is 0 Å². The number of nitrogens with two attached hydrogens (primary N) is 1. The van der Waals surface area contributed by atoms with E-state index in [-0.39, 0.29) is 12.0 Å². The third-order valence-electron chi connectivity index (χ3n) is 3.78. The van der Waals surface area contributed by atoms with Crippen molar-refractivity contribution in [3.05, 3.63) is 24.3 Å². The fraction of sp³-hybridized carbons (Fsp3) is 0.588. The molecule has 1 amide bonds. The predicted octanol–water partition coefficient (Wildman–Crippen LogP) is 2.70. The van der Waals surface area contributed by atoms with Crippen molar-refractivity contribution < 1.29 is 14.3 Å². The quantitative estimate of drug-likeness (QED) is 0.812. The topological polar surface area (TPSA) is 73.6 Å². The summed E-state index contributed by atoms with van der Waals surface area (Å²) >= 11 is 0. The van der Waals surface area contributed by atoms with E-state index in [1.165, 1.54) is 6.42 Å². The monoisotopic (exact) mass is 306 g/mol. The second-order valence-corrected chi connectivity index (χ2v) is 5.68. The molecule has 1 aliphatic rings. The van der Waals surface area contributed by atoms with Crippen LogP contribution in [0.3, 0.4) is 0 Å². The summed E-state index contributed by atoms with van der Waals surface area (Å²) in [6.45, 7) is 3.32. The Labute approximate surface area is 132 Å². The zero-order valence-corrected chi connectivity index (χ0v) is 13.2. The third kappa shape index (κ3) is 5.00. The normalized spacial score (nSPS) is 19.5. The molecule has 1 aromatic carbocycles. The first-order chi connectivity index (χ1) is 10.7. The Morgan fingerprint density at radius 3 is 3.00 bits per heavy atom. The van der Waals surface area contributed by atoms with Gasteiger partial charge >= 0.3 is 0 Å². The Hall–Kier alpha value is -1.59. The Balaban J connectivity index is 1.92. The fourth-order valence-corrected chi connectivity index (χ4v) is 2.48. The first-order valence-corrected chi connectivity index (χ1v) is 8.10. The molecule has 122 valence electrons. The van der Waals surface area contributed by atoms with Gasteiger partial charge in [0.1, 0.15) is 12.4 Å². The molecule has 3 N–H and O–H groups in total. The Bertz CT molecular complexity index is 473. The van der Waals surface area contributed by atoms with E-state index >= 15 is 0 Å². The standard InChI is InChI=1S/C17H26N2O3/c1-2-7-14(18)17(20)19-15-9-3-4-10-16(15)22-12-13-8-5-6-11-21-13/h3-4,9-10,13-14H,2,5-8,11-12,18H2,1H3,(H,19,20). The molecule has 0 saturated carbocycles. The van der Waals surface area contributed by atoms with Gasteiger partial charge in [0.2, 0.25) is 5.91 Å². The zero-order chi connectivity index (χ0) is 15.8. The minimum Gasteiger partial charge on any atom is -0.489 e. The summed E-state index contributed by atoms with van der Waals surface area (Å²) in [7, 11) is 0. The molecule has 1 heterocycles. The van der Waals surface area contributed by atoms with Gasteiger partial charge in [0, 0.05) is 6.61 Å². The number of hydrogen-bond acceptors (Lipinski definition) is 4. The summed E-state index contributed by atoms with van der Waals surface area (Å²) in [5.41, 5.74) is 6.51. The highest BCUT2D eigenvalue weighted by molar-refractivity contribution is 5.95. The van der Waals surface area contributed by atoms with Gasteiger partial charge in [-0.25, -0.2) is 0 Å². The molecule has 5 nitrogen and oxygen atoms in total. The number of amides is 1. The second kappa shape index (κ2) is 8.76.